The van der Waals surface area contributed by atoms with Crippen molar-refractivity contribution >= 4 is 29.7 Å². The van der Waals surface area contributed by atoms with E-state index in [0.717, 1.165) is 41.3 Å². The van der Waals surface area contributed by atoms with Crippen LogP contribution in [0.3, 0.4) is 0 Å². The van der Waals surface area contributed by atoms with Gasteiger partial charge in [0.15, 0.2) is 0 Å². The fourth-order valence-corrected chi connectivity index (χ4v) is 4.12. The summed E-state index contributed by atoms with van der Waals surface area (Å²) in [6, 6.07) is 14.9. The predicted molar refractivity (Wildman–Crippen MR) is 117 cm³/mol. The molecule has 4 rings (SSSR count). The lowest BCUT2D eigenvalue weighted by atomic mass is 10.1. The Morgan fingerprint density at radius 1 is 1.11 bits per heavy atom. The van der Waals surface area contributed by atoms with Crippen molar-refractivity contribution in [2.24, 2.45) is 0 Å². The molecular weight excluding hydrogens is 390 g/mol. The van der Waals surface area contributed by atoms with Gasteiger partial charge >= 0.3 is 0 Å². The normalized spacial score (nSPS) is 12.3. The number of hydrogen-bond donors (Lipinski definition) is 2. The summed E-state index contributed by atoms with van der Waals surface area (Å²) in [5.41, 5.74) is 7.07. The van der Waals surface area contributed by atoms with E-state index in [2.05, 4.69) is 65.0 Å². The van der Waals surface area contributed by atoms with Crippen LogP contribution in [-0.2, 0) is 37.3 Å². The van der Waals surface area contributed by atoms with Gasteiger partial charge in [0.05, 0.1) is 12.1 Å². The summed E-state index contributed by atoms with van der Waals surface area (Å²) in [4.78, 5) is 16.9. The maximum atomic E-state index is 12.3. The van der Waals surface area contributed by atoms with Gasteiger partial charge in [-0.1, -0.05) is 49.4 Å². The fraction of sp³-hybridized carbons (Fsp3) is 0.273. The number of carbonyl (C=O) groups is 1. The zero-order chi connectivity index (χ0) is 18.6. The van der Waals surface area contributed by atoms with Gasteiger partial charge in [-0.15, -0.1) is 23.7 Å². The highest BCUT2D eigenvalue weighted by Crippen LogP contribution is 2.24. The summed E-state index contributed by atoms with van der Waals surface area (Å²) in [5.74, 6) is 0.00630. The summed E-state index contributed by atoms with van der Waals surface area (Å²) in [6.45, 7) is 4.56. The van der Waals surface area contributed by atoms with Crippen molar-refractivity contribution in [3.05, 3.63) is 75.8 Å². The molecule has 0 radical (unpaired) electrons. The van der Waals surface area contributed by atoms with E-state index in [1.165, 1.54) is 16.7 Å². The molecule has 0 spiro atoms. The third-order valence-electron chi connectivity index (χ3n) is 4.89. The van der Waals surface area contributed by atoms with Gasteiger partial charge in [-0.05, 0) is 28.7 Å². The third kappa shape index (κ3) is 4.79. The second-order valence-electron chi connectivity index (χ2n) is 6.85. The molecular formula is C22H24ClN3OS. The maximum absolute atomic E-state index is 12.3. The number of hydrogen-bond acceptors (Lipinski definition) is 4. The molecule has 2 heterocycles. The first-order chi connectivity index (χ1) is 13.2. The molecule has 0 unspecified atom stereocenters. The number of rotatable bonds is 6. The molecule has 3 aromatic rings. The summed E-state index contributed by atoms with van der Waals surface area (Å²) < 4.78 is 0. The van der Waals surface area contributed by atoms with E-state index in [-0.39, 0.29) is 18.3 Å². The summed E-state index contributed by atoms with van der Waals surface area (Å²) in [6.07, 6.45) is 1.35. The molecule has 4 nitrogen and oxygen atoms in total. The lowest BCUT2D eigenvalue weighted by molar-refractivity contribution is -0.120. The molecule has 1 aromatic heterocycles. The molecule has 1 aliphatic rings. The van der Waals surface area contributed by atoms with Gasteiger partial charge in [0, 0.05) is 30.6 Å². The minimum absolute atomic E-state index is 0. The van der Waals surface area contributed by atoms with Crippen LogP contribution in [0.25, 0.3) is 10.6 Å². The Morgan fingerprint density at radius 2 is 1.86 bits per heavy atom. The van der Waals surface area contributed by atoms with E-state index in [0.29, 0.717) is 13.0 Å². The Kier molecular flexibility index (Phi) is 6.83. The molecule has 0 saturated heterocycles. The second-order valence-corrected chi connectivity index (χ2v) is 7.71. The number of amides is 1. The number of benzene rings is 2. The van der Waals surface area contributed by atoms with Crippen molar-refractivity contribution in [2.75, 3.05) is 0 Å². The van der Waals surface area contributed by atoms with Crippen LogP contribution in [0, 0.1) is 0 Å². The van der Waals surface area contributed by atoms with Gasteiger partial charge in [-0.2, -0.15) is 0 Å². The van der Waals surface area contributed by atoms with Gasteiger partial charge in [-0.3, -0.25) is 4.79 Å². The van der Waals surface area contributed by atoms with Crippen molar-refractivity contribution in [1.29, 1.82) is 0 Å². The average Bonchev–Trinajstić information content (AvgIpc) is 3.35. The van der Waals surface area contributed by atoms with Crippen LogP contribution in [0.4, 0.5) is 0 Å². The number of nitrogens with zero attached hydrogens (tertiary/aromatic N) is 1. The van der Waals surface area contributed by atoms with Crippen LogP contribution < -0.4 is 10.6 Å². The molecule has 0 saturated carbocycles. The standard InChI is InChI=1S/C22H23N3OS.ClH/c1-2-15-3-6-17(7-4-15)22-25-20(14-27-22)10-21(26)24-11-16-5-8-18-12-23-13-19(18)9-16;/h3-9,14,23H,2,10-13H2,1H3,(H,24,26);1H. The minimum atomic E-state index is 0. The van der Waals surface area contributed by atoms with Crippen molar-refractivity contribution in [2.45, 2.75) is 39.4 Å². The van der Waals surface area contributed by atoms with E-state index in [9.17, 15) is 4.79 Å². The average molecular weight is 414 g/mol. The van der Waals surface area contributed by atoms with Crippen LogP contribution in [-0.4, -0.2) is 10.9 Å². The van der Waals surface area contributed by atoms with Crippen LogP contribution in [0.2, 0.25) is 0 Å². The number of aryl methyl sites for hydroxylation is 1. The quantitative estimate of drug-likeness (QED) is 0.635. The van der Waals surface area contributed by atoms with E-state index in [1.807, 2.05) is 5.38 Å². The molecule has 28 heavy (non-hydrogen) atoms. The lowest BCUT2D eigenvalue weighted by Gasteiger charge is -2.06. The van der Waals surface area contributed by atoms with E-state index < -0.39 is 0 Å². The largest absolute Gasteiger partial charge is 0.352 e. The highest BCUT2D eigenvalue weighted by molar-refractivity contribution is 7.13. The van der Waals surface area contributed by atoms with Crippen molar-refractivity contribution < 1.29 is 4.79 Å². The van der Waals surface area contributed by atoms with E-state index >= 15 is 0 Å². The molecule has 0 bridgehead atoms. The Hall–Kier alpha value is -2.21. The van der Waals surface area contributed by atoms with Crippen LogP contribution in [0.1, 0.15) is 34.9 Å². The smallest absolute Gasteiger partial charge is 0.226 e. The minimum Gasteiger partial charge on any atom is -0.352 e. The Morgan fingerprint density at radius 3 is 2.64 bits per heavy atom. The van der Waals surface area contributed by atoms with E-state index in [1.54, 1.807) is 11.3 Å². The highest BCUT2D eigenvalue weighted by Gasteiger charge is 2.12. The molecule has 2 N–H and O–H groups in total. The van der Waals surface area contributed by atoms with Gasteiger partial charge in [-0.25, -0.2) is 4.98 Å². The predicted octanol–water partition coefficient (Wildman–Crippen LogP) is 4.26. The molecule has 0 aliphatic carbocycles. The first kappa shape index (κ1) is 20.5. The third-order valence-corrected chi connectivity index (χ3v) is 5.83. The van der Waals surface area contributed by atoms with Crippen molar-refractivity contribution in [3.8, 4) is 10.6 Å². The zero-order valence-corrected chi connectivity index (χ0v) is 17.5. The number of aromatic nitrogens is 1. The van der Waals surface area contributed by atoms with Crippen molar-refractivity contribution in [1.82, 2.24) is 15.6 Å². The summed E-state index contributed by atoms with van der Waals surface area (Å²) in [7, 11) is 0. The first-order valence-electron chi connectivity index (χ1n) is 9.33. The number of fused-ring (bicyclic) bond motifs is 1. The molecule has 1 aliphatic heterocycles. The van der Waals surface area contributed by atoms with Crippen LogP contribution >= 0.6 is 23.7 Å². The van der Waals surface area contributed by atoms with Crippen molar-refractivity contribution in [3.63, 3.8) is 0 Å². The lowest BCUT2D eigenvalue weighted by Crippen LogP contribution is -2.24. The van der Waals surface area contributed by atoms with Gasteiger partial charge in [0.2, 0.25) is 5.91 Å². The zero-order valence-electron chi connectivity index (χ0n) is 15.8. The molecule has 2 aromatic carbocycles. The molecule has 0 atom stereocenters. The summed E-state index contributed by atoms with van der Waals surface area (Å²) in [5, 5.41) is 9.29. The monoisotopic (exact) mass is 413 g/mol. The first-order valence-corrected chi connectivity index (χ1v) is 10.2. The SMILES string of the molecule is CCc1ccc(-c2nc(CC(=O)NCc3ccc4c(c3)CNC4)cs2)cc1.Cl. The second kappa shape index (κ2) is 9.32. The summed E-state index contributed by atoms with van der Waals surface area (Å²) >= 11 is 1.59. The van der Waals surface area contributed by atoms with Crippen LogP contribution in [0.5, 0.6) is 0 Å². The number of nitrogens with one attached hydrogen (secondary N) is 2. The van der Waals surface area contributed by atoms with Crippen LogP contribution in [0.15, 0.2) is 47.8 Å². The highest BCUT2D eigenvalue weighted by atomic mass is 35.5. The van der Waals surface area contributed by atoms with Gasteiger partial charge in [0.25, 0.3) is 0 Å². The van der Waals surface area contributed by atoms with Gasteiger partial charge in [0.1, 0.15) is 5.01 Å². The molecule has 6 heteroatoms. The number of carbonyl (C=O) groups excluding carboxylic acids is 1. The maximum Gasteiger partial charge on any atom is 0.226 e. The molecule has 146 valence electrons. The topological polar surface area (TPSA) is 54.0 Å². The van der Waals surface area contributed by atoms with E-state index in [4.69, 9.17) is 0 Å². The molecule has 1 amide bonds. The number of thiazole rings is 1. The number of halogens is 1. The fourth-order valence-electron chi connectivity index (χ4n) is 3.29. The molecule has 0 fully saturated rings. The van der Waals surface area contributed by atoms with Gasteiger partial charge < -0.3 is 10.6 Å². The Balaban J connectivity index is 0.00000225. The Bertz CT molecular complexity index is 953. The Labute approximate surface area is 175 Å².